The zero-order chi connectivity index (χ0) is 25.1. The van der Waals surface area contributed by atoms with E-state index < -0.39 is 41.2 Å². The Balaban J connectivity index is 2.03. The number of alkyl halides is 6. The Bertz CT molecular complexity index is 1160. The van der Waals surface area contributed by atoms with Crippen LogP contribution in [0.15, 0.2) is 60.8 Å². The van der Waals surface area contributed by atoms with Crippen LogP contribution in [-0.2, 0) is 18.8 Å². The van der Waals surface area contributed by atoms with Crippen molar-refractivity contribution in [1.82, 2.24) is 10.3 Å². The van der Waals surface area contributed by atoms with Crippen LogP contribution in [0, 0.1) is 6.92 Å². The number of hydrogen-bond acceptors (Lipinski definition) is 2. The minimum Gasteiger partial charge on any atom is -0.325 e. The lowest BCUT2D eigenvalue weighted by molar-refractivity contribution is -0.139. The first-order chi connectivity index (χ1) is 15.9. The van der Waals surface area contributed by atoms with Crippen molar-refractivity contribution in [3.63, 3.8) is 0 Å². The highest BCUT2D eigenvalue weighted by atomic mass is 19.4. The van der Waals surface area contributed by atoms with Crippen molar-refractivity contribution in [1.29, 1.82) is 0 Å². The van der Waals surface area contributed by atoms with Crippen LogP contribution in [0.25, 0.3) is 0 Å². The van der Waals surface area contributed by atoms with Crippen molar-refractivity contribution >= 4 is 11.7 Å². The summed E-state index contributed by atoms with van der Waals surface area (Å²) < 4.78 is 79.9. The van der Waals surface area contributed by atoms with Gasteiger partial charge in [-0.1, -0.05) is 37.3 Å². The van der Waals surface area contributed by atoms with E-state index in [4.69, 9.17) is 0 Å². The zero-order valence-electron chi connectivity index (χ0n) is 18.2. The Morgan fingerprint density at radius 1 is 0.941 bits per heavy atom. The Morgan fingerprint density at radius 3 is 2.21 bits per heavy atom. The fraction of sp³-hybridized carbons (Fsp3) is 0.250. The van der Waals surface area contributed by atoms with Crippen LogP contribution in [0.5, 0.6) is 0 Å². The number of aryl methyl sites for hydroxylation is 2. The average Bonchev–Trinajstić information content (AvgIpc) is 2.78. The molecule has 0 saturated carbocycles. The molecule has 0 fully saturated rings. The molecule has 10 heteroatoms. The molecule has 0 aliphatic rings. The third kappa shape index (κ3) is 5.67. The van der Waals surface area contributed by atoms with Crippen LogP contribution in [0.2, 0.25) is 0 Å². The fourth-order valence-electron chi connectivity index (χ4n) is 3.54. The maximum Gasteiger partial charge on any atom is 0.418 e. The van der Waals surface area contributed by atoms with Gasteiger partial charge >= 0.3 is 18.4 Å². The van der Waals surface area contributed by atoms with Gasteiger partial charge in [0.15, 0.2) is 0 Å². The molecule has 1 atom stereocenters. The van der Waals surface area contributed by atoms with Gasteiger partial charge < -0.3 is 10.6 Å². The van der Waals surface area contributed by atoms with Gasteiger partial charge in [-0.3, -0.25) is 4.98 Å². The van der Waals surface area contributed by atoms with Crippen LogP contribution in [-0.4, -0.2) is 11.0 Å². The summed E-state index contributed by atoms with van der Waals surface area (Å²) >= 11 is 0. The molecular weight excluding hydrogens is 460 g/mol. The lowest BCUT2D eigenvalue weighted by atomic mass is 9.98. The van der Waals surface area contributed by atoms with Gasteiger partial charge in [0.05, 0.1) is 22.9 Å². The monoisotopic (exact) mass is 481 g/mol. The van der Waals surface area contributed by atoms with E-state index >= 15 is 0 Å². The van der Waals surface area contributed by atoms with Gasteiger partial charge in [0.2, 0.25) is 0 Å². The molecule has 34 heavy (non-hydrogen) atoms. The Hall–Kier alpha value is -3.56. The summed E-state index contributed by atoms with van der Waals surface area (Å²) in [6.07, 6.45) is -7.70. The number of aromatic nitrogens is 1. The fourth-order valence-corrected chi connectivity index (χ4v) is 3.54. The molecule has 0 aliphatic heterocycles. The Morgan fingerprint density at radius 2 is 1.62 bits per heavy atom. The maximum absolute atomic E-state index is 13.7. The van der Waals surface area contributed by atoms with Gasteiger partial charge in [-0.2, -0.15) is 26.3 Å². The number of carbonyl (C=O) groups is 1. The molecule has 1 unspecified atom stereocenters. The number of para-hydroxylation sites is 1. The lowest BCUT2D eigenvalue weighted by Crippen LogP contribution is -2.35. The third-order valence-corrected chi connectivity index (χ3v) is 5.24. The molecule has 2 aromatic carbocycles. The number of urea groups is 1. The predicted octanol–water partition coefficient (Wildman–Crippen LogP) is 6.90. The second-order valence-electron chi connectivity index (χ2n) is 7.55. The van der Waals surface area contributed by atoms with E-state index in [-0.39, 0.29) is 5.56 Å². The maximum atomic E-state index is 13.7. The third-order valence-electron chi connectivity index (χ3n) is 5.24. The van der Waals surface area contributed by atoms with Gasteiger partial charge in [0, 0.05) is 11.9 Å². The average molecular weight is 481 g/mol. The summed E-state index contributed by atoms with van der Waals surface area (Å²) in [5.41, 5.74) is -0.539. The first-order valence-electron chi connectivity index (χ1n) is 10.3. The summed E-state index contributed by atoms with van der Waals surface area (Å²) in [7, 11) is 0. The van der Waals surface area contributed by atoms with Crippen LogP contribution >= 0.6 is 0 Å². The van der Waals surface area contributed by atoms with E-state index in [2.05, 4.69) is 15.6 Å². The molecule has 2 N–H and O–H groups in total. The lowest BCUT2D eigenvalue weighted by Gasteiger charge is -2.23. The molecule has 0 bridgehead atoms. The molecule has 0 radical (unpaired) electrons. The first kappa shape index (κ1) is 25.1. The molecule has 2 amide bonds. The highest BCUT2D eigenvalue weighted by molar-refractivity contribution is 5.91. The number of amides is 2. The smallest absolute Gasteiger partial charge is 0.325 e. The van der Waals surface area contributed by atoms with Crippen molar-refractivity contribution in [2.75, 3.05) is 5.32 Å². The molecule has 4 nitrogen and oxygen atoms in total. The van der Waals surface area contributed by atoms with Crippen molar-refractivity contribution in [3.8, 4) is 0 Å². The van der Waals surface area contributed by atoms with E-state index in [1.54, 1.807) is 19.1 Å². The van der Waals surface area contributed by atoms with Gasteiger partial charge in [0.25, 0.3) is 0 Å². The van der Waals surface area contributed by atoms with Crippen LogP contribution < -0.4 is 10.6 Å². The standard InChI is InChI=1S/C24H21F6N3O/c1-3-15-7-4-6-14(2)19(15)32-22(34)33-20(16-9-11-17(12-10-16)23(25,26)27)21-18(24(28,29)30)8-5-13-31-21/h4-13,20H,3H2,1-2H3,(H2,32,33,34). The SMILES string of the molecule is CCc1cccc(C)c1NC(=O)NC(c1ccc(C(F)(F)F)cc1)c1ncccc1C(F)(F)F. The minimum atomic E-state index is -4.79. The second kappa shape index (κ2) is 9.74. The number of hydrogen-bond donors (Lipinski definition) is 2. The summed E-state index contributed by atoms with van der Waals surface area (Å²) in [6.45, 7) is 3.65. The molecular formula is C24H21F6N3O. The van der Waals surface area contributed by atoms with Crippen molar-refractivity contribution in [2.24, 2.45) is 0 Å². The Labute approximate surface area is 192 Å². The van der Waals surface area contributed by atoms with Gasteiger partial charge in [0.1, 0.15) is 0 Å². The summed E-state index contributed by atoms with van der Waals surface area (Å²) in [5.74, 6) is 0. The molecule has 0 aliphatic carbocycles. The predicted molar refractivity (Wildman–Crippen MR) is 115 cm³/mol. The van der Waals surface area contributed by atoms with E-state index in [1.165, 1.54) is 0 Å². The number of carbonyl (C=O) groups excluding carboxylic acids is 1. The normalized spacial score (nSPS) is 12.8. The van der Waals surface area contributed by atoms with Gasteiger partial charge in [-0.05, 0) is 54.3 Å². The molecule has 1 aromatic heterocycles. The number of rotatable bonds is 5. The minimum absolute atomic E-state index is 0.00727. The number of pyridine rings is 1. The highest BCUT2D eigenvalue weighted by Gasteiger charge is 2.37. The molecule has 0 saturated heterocycles. The van der Waals surface area contributed by atoms with E-state index in [9.17, 15) is 31.1 Å². The number of benzene rings is 2. The number of anilines is 1. The topological polar surface area (TPSA) is 54.0 Å². The number of halogens is 6. The van der Waals surface area contributed by atoms with E-state index in [1.807, 2.05) is 13.0 Å². The highest BCUT2D eigenvalue weighted by Crippen LogP contribution is 2.36. The number of nitrogens with zero attached hydrogens (tertiary/aromatic N) is 1. The zero-order valence-corrected chi connectivity index (χ0v) is 18.2. The van der Waals surface area contributed by atoms with Crippen LogP contribution in [0.3, 0.4) is 0 Å². The molecule has 1 heterocycles. The Kier molecular flexibility index (Phi) is 7.18. The quantitative estimate of drug-likeness (QED) is 0.390. The van der Waals surface area contributed by atoms with Crippen molar-refractivity contribution in [2.45, 2.75) is 38.7 Å². The summed E-state index contributed by atoms with van der Waals surface area (Å²) in [5, 5.41) is 5.11. The summed E-state index contributed by atoms with van der Waals surface area (Å²) in [6, 6.07) is 8.52. The molecule has 180 valence electrons. The second-order valence-corrected chi connectivity index (χ2v) is 7.55. The first-order valence-corrected chi connectivity index (χ1v) is 10.3. The van der Waals surface area contributed by atoms with Crippen LogP contribution in [0.1, 0.15) is 46.5 Å². The molecule has 3 rings (SSSR count). The van der Waals surface area contributed by atoms with Gasteiger partial charge in [-0.25, -0.2) is 4.79 Å². The van der Waals surface area contributed by atoms with E-state index in [0.717, 1.165) is 53.7 Å². The largest absolute Gasteiger partial charge is 0.418 e. The van der Waals surface area contributed by atoms with Crippen molar-refractivity contribution in [3.05, 3.63) is 94.3 Å². The van der Waals surface area contributed by atoms with E-state index in [0.29, 0.717) is 12.1 Å². The molecule has 3 aromatic rings. The van der Waals surface area contributed by atoms with Gasteiger partial charge in [-0.15, -0.1) is 0 Å². The number of nitrogens with one attached hydrogen (secondary N) is 2. The summed E-state index contributed by atoms with van der Waals surface area (Å²) in [4.78, 5) is 16.7. The van der Waals surface area contributed by atoms with Crippen molar-refractivity contribution < 1.29 is 31.1 Å². The van der Waals surface area contributed by atoms with Crippen LogP contribution in [0.4, 0.5) is 36.8 Å². The molecule has 0 spiro atoms.